The standard InChI is InChI=1S/C33H38N2O4S/c1-34(23-12-5-3-6-13-23)25-20-21-26-30(22-25)39-33-28(32(26)27-16-9-10-19-31(27)40(36,37)38)17-11-18-29(33)35(2)24-14-7-4-8-15-24/h3-10,12-16,19,25-26,28-30,33H,11,17-18,20-22H2,1-2H3/p+1. The third kappa shape index (κ3) is 5.11. The van der Waals surface area contributed by atoms with E-state index in [0.717, 1.165) is 44.2 Å². The lowest BCUT2D eigenvalue weighted by molar-refractivity contribution is -0.134. The molecule has 1 saturated heterocycles. The van der Waals surface area contributed by atoms with E-state index >= 15 is 0 Å². The highest BCUT2D eigenvalue weighted by Gasteiger charge is 2.57. The maximum absolute atomic E-state index is 12.6. The van der Waals surface area contributed by atoms with Crippen molar-refractivity contribution in [3.8, 4) is 0 Å². The zero-order valence-corrected chi connectivity index (χ0v) is 24.1. The summed E-state index contributed by atoms with van der Waals surface area (Å²) in [5.41, 5.74) is 3.03. The average molecular weight is 560 g/mol. The van der Waals surface area contributed by atoms with E-state index in [1.807, 2.05) is 24.3 Å². The Hall–Kier alpha value is -3.00. The average Bonchev–Trinajstić information content (AvgIpc) is 2.99. The molecule has 6 atom stereocenters. The molecule has 0 spiro atoms. The lowest BCUT2D eigenvalue weighted by Gasteiger charge is -2.53. The minimum Gasteiger partial charge on any atom is -0.372 e. The molecule has 2 saturated carbocycles. The number of anilines is 2. The Balaban J connectivity index is 1.38. The molecule has 3 fully saturated rings. The van der Waals surface area contributed by atoms with Crippen LogP contribution in [0.15, 0.2) is 89.8 Å². The third-order valence-corrected chi connectivity index (χ3v) is 10.4. The van der Waals surface area contributed by atoms with Crippen LogP contribution in [0.25, 0.3) is 0 Å². The molecule has 2 aliphatic carbocycles. The van der Waals surface area contributed by atoms with Crippen molar-refractivity contribution in [3.63, 3.8) is 0 Å². The first-order chi connectivity index (χ1) is 19.3. The summed E-state index contributed by atoms with van der Waals surface area (Å²) in [6, 6.07) is 28.4. The number of rotatable bonds is 6. The molecule has 1 N–H and O–H groups in total. The predicted octanol–water partition coefficient (Wildman–Crippen LogP) is 6.23. The Morgan fingerprint density at radius 3 is 2.08 bits per heavy atom. The second kappa shape index (κ2) is 11.1. The van der Waals surface area contributed by atoms with Crippen LogP contribution >= 0.6 is 0 Å². The molecule has 3 aromatic rings. The van der Waals surface area contributed by atoms with E-state index in [1.165, 1.54) is 11.6 Å². The fraction of sp³-hybridized carbons (Fsp3) is 0.424. The smallest absolute Gasteiger partial charge is 0.342 e. The molecule has 0 radical (unpaired) electrons. The Labute approximate surface area is 238 Å². The van der Waals surface area contributed by atoms with Gasteiger partial charge >= 0.3 is 10.1 Å². The van der Waals surface area contributed by atoms with Gasteiger partial charge in [0.15, 0.2) is 5.56 Å². The van der Waals surface area contributed by atoms with Gasteiger partial charge in [-0.3, -0.25) is 4.55 Å². The second-order valence-electron chi connectivity index (χ2n) is 11.6. The molecule has 0 aromatic heterocycles. The number of ether oxygens (including phenoxy) is 1. The lowest BCUT2D eigenvalue weighted by Crippen LogP contribution is -2.59. The highest BCUT2D eigenvalue weighted by Crippen LogP contribution is 2.53. The maximum atomic E-state index is 12.6. The van der Waals surface area contributed by atoms with Gasteiger partial charge in [-0.1, -0.05) is 36.4 Å². The van der Waals surface area contributed by atoms with Crippen molar-refractivity contribution in [1.82, 2.24) is 0 Å². The van der Waals surface area contributed by atoms with Gasteiger partial charge in [-0.05, 0) is 74.9 Å². The van der Waals surface area contributed by atoms with Crippen LogP contribution in [0.4, 0.5) is 11.4 Å². The summed E-state index contributed by atoms with van der Waals surface area (Å²) in [7, 11) is -0.0590. The first kappa shape index (κ1) is 27.2. The number of hydrogen-bond acceptors (Lipinski definition) is 5. The predicted molar refractivity (Wildman–Crippen MR) is 159 cm³/mol. The number of benzene rings is 3. The van der Waals surface area contributed by atoms with Gasteiger partial charge in [-0.25, -0.2) is 0 Å². The molecule has 40 heavy (non-hydrogen) atoms. The summed E-state index contributed by atoms with van der Waals surface area (Å²) in [5.74, 6) is 1.38. The number of fused-ring (bicyclic) bond motifs is 2. The molecule has 3 aromatic carbocycles. The minimum atomic E-state index is -4.37. The van der Waals surface area contributed by atoms with Crippen LogP contribution in [-0.2, 0) is 14.9 Å². The minimum absolute atomic E-state index is 0.0199. The van der Waals surface area contributed by atoms with E-state index in [4.69, 9.17) is 4.74 Å². The van der Waals surface area contributed by atoms with Crippen LogP contribution in [0.5, 0.6) is 0 Å². The van der Waals surface area contributed by atoms with E-state index in [2.05, 4.69) is 72.4 Å². The normalized spacial score (nSPS) is 28.3. The molecular formula is C33H39N2O4S+. The monoisotopic (exact) mass is 559 g/mol. The summed E-state index contributed by atoms with van der Waals surface area (Å²) in [6.45, 7) is 0. The summed E-state index contributed by atoms with van der Waals surface area (Å²) in [4.78, 5) is 4.73. The number of para-hydroxylation sites is 2. The van der Waals surface area contributed by atoms with E-state index in [0.29, 0.717) is 11.6 Å². The summed E-state index contributed by atoms with van der Waals surface area (Å²) < 4.78 is 42.5. The molecule has 210 valence electrons. The Kier molecular flexibility index (Phi) is 7.55. The van der Waals surface area contributed by atoms with Crippen molar-refractivity contribution in [2.24, 2.45) is 11.8 Å². The molecular weight excluding hydrogens is 520 g/mol. The Bertz CT molecular complexity index is 1400. The first-order valence-electron chi connectivity index (χ1n) is 14.5. The summed E-state index contributed by atoms with van der Waals surface area (Å²) >= 11 is 0. The molecule has 1 aliphatic heterocycles. The van der Waals surface area contributed by atoms with Crippen LogP contribution in [0.1, 0.15) is 44.1 Å². The van der Waals surface area contributed by atoms with Crippen molar-refractivity contribution in [2.75, 3.05) is 23.9 Å². The zero-order valence-electron chi connectivity index (χ0n) is 23.3. The largest absolute Gasteiger partial charge is 0.372 e. The third-order valence-electron chi connectivity index (χ3n) is 9.53. The quantitative estimate of drug-likeness (QED) is 0.285. The molecule has 0 amide bonds. The molecule has 6 unspecified atom stereocenters. The highest BCUT2D eigenvalue weighted by atomic mass is 32.2. The van der Waals surface area contributed by atoms with Gasteiger partial charge in [0, 0.05) is 49.6 Å². The maximum Gasteiger partial charge on any atom is 0.342 e. The van der Waals surface area contributed by atoms with Crippen LogP contribution in [0.3, 0.4) is 0 Å². The Morgan fingerprint density at radius 1 is 0.775 bits per heavy atom. The van der Waals surface area contributed by atoms with Crippen molar-refractivity contribution < 1.29 is 17.7 Å². The topological polar surface area (TPSA) is 70.1 Å². The number of hydrogen-bond donors (Lipinski definition) is 1. The number of likely N-dealkylation sites (N-methyl/N-ethyl adjacent to an activating group) is 1. The molecule has 7 heteroatoms. The first-order valence-corrected chi connectivity index (χ1v) is 15.9. The zero-order chi connectivity index (χ0) is 27.9. The van der Waals surface area contributed by atoms with E-state index in [9.17, 15) is 13.0 Å². The number of nitrogens with zero attached hydrogens (tertiary/aromatic N) is 2. The van der Waals surface area contributed by atoms with Crippen LogP contribution in [-0.4, -0.2) is 51.4 Å². The lowest BCUT2D eigenvalue weighted by atomic mass is 9.61. The summed E-state index contributed by atoms with van der Waals surface area (Å²) in [6.07, 6.45) is 5.72. The van der Waals surface area contributed by atoms with Gasteiger partial charge in [0.05, 0.1) is 30.1 Å². The van der Waals surface area contributed by atoms with Crippen molar-refractivity contribution >= 4 is 21.5 Å². The molecule has 3 aliphatic rings. The van der Waals surface area contributed by atoms with E-state index in [1.54, 1.807) is 12.1 Å². The van der Waals surface area contributed by atoms with Gasteiger partial charge in [-0.2, -0.15) is 8.42 Å². The molecule has 0 bridgehead atoms. The van der Waals surface area contributed by atoms with Crippen molar-refractivity contribution in [3.05, 3.63) is 96.4 Å². The fourth-order valence-electron chi connectivity index (χ4n) is 7.58. The van der Waals surface area contributed by atoms with Gasteiger partial charge in [0.1, 0.15) is 0 Å². The van der Waals surface area contributed by atoms with Crippen LogP contribution in [0.2, 0.25) is 0 Å². The molecule has 1 heterocycles. The van der Waals surface area contributed by atoms with Crippen molar-refractivity contribution in [2.45, 2.75) is 67.7 Å². The summed E-state index contributed by atoms with van der Waals surface area (Å²) in [5, 5.41) is 0. The van der Waals surface area contributed by atoms with Crippen LogP contribution in [0, 0.1) is 17.8 Å². The van der Waals surface area contributed by atoms with E-state index in [-0.39, 0.29) is 35.0 Å². The highest BCUT2D eigenvalue weighted by molar-refractivity contribution is 7.85. The SMILES string of the molecule is CN(c1ccccc1)C1CCC2[C+](c3ccccc3S(=O)(=O)O)C3CCCC(N(C)c4ccccc4)C3OC2C1. The van der Waals surface area contributed by atoms with Crippen molar-refractivity contribution in [1.29, 1.82) is 0 Å². The molecule has 6 nitrogen and oxygen atoms in total. The van der Waals surface area contributed by atoms with Gasteiger partial charge in [0.25, 0.3) is 0 Å². The Morgan fingerprint density at radius 2 is 1.40 bits per heavy atom. The van der Waals surface area contributed by atoms with Gasteiger partial charge in [-0.15, -0.1) is 0 Å². The van der Waals surface area contributed by atoms with Crippen LogP contribution < -0.4 is 9.80 Å². The fourth-order valence-corrected chi connectivity index (χ4v) is 8.29. The van der Waals surface area contributed by atoms with Gasteiger partial charge < -0.3 is 14.5 Å². The second-order valence-corrected chi connectivity index (χ2v) is 13.0. The van der Waals surface area contributed by atoms with E-state index < -0.39 is 10.1 Å². The molecule has 6 rings (SSSR count). The van der Waals surface area contributed by atoms with Gasteiger partial charge in [0.2, 0.25) is 4.90 Å².